The fraction of sp³-hybridized carbons (Fsp3) is 0.429. The first-order valence-corrected chi connectivity index (χ1v) is 6.24. The van der Waals surface area contributed by atoms with Gasteiger partial charge in [-0.2, -0.15) is 4.98 Å². The third-order valence-electron chi connectivity index (χ3n) is 3.09. The highest BCUT2D eigenvalue weighted by Gasteiger charge is 2.29. The zero-order chi connectivity index (χ0) is 14.0. The van der Waals surface area contributed by atoms with Gasteiger partial charge in [0.1, 0.15) is 5.82 Å². The molecule has 0 aliphatic carbocycles. The molecule has 0 aliphatic rings. The van der Waals surface area contributed by atoms with Crippen LogP contribution in [-0.2, 0) is 11.8 Å². The van der Waals surface area contributed by atoms with E-state index >= 15 is 0 Å². The summed E-state index contributed by atoms with van der Waals surface area (Å²) < 4.78 is 18.2. The summed E-state index contributed by atoms with van der Waals surface area (Å²) in [6, 6.07) is 6.30. The highest BCUT2D eigenvalue weighted by molar-refractivity contribution is 5.30. The molecule has 0 aliphatic heterocycles. The summed E-state index contributed by atoms with van der Waals surface area (Å²) in [7, 11) is 0. The molecule has 1 aromatic heterocycles. The minimum atomic E-state index is -0.437. The Bertz CT molecular complexity index is 546. The smallest absolute Gasteiger partial charge is 0.228 e. The lowest BCUT2D eigenvalue weighted by Crippen LogP contribution is -2.21. The SMILES string of the molecule is CC(N)Cc1nc(C(C)(C)c2ccc(F)cc2)no1. The van der Waals surface area contributed by atoms with Crippen molar-refractivity contribution in [3.63, 3.8) is 0 Å². The lowest BCUT2D eigenvalue weighted by atomic mass is 9.84. The number of benzene rings is 1. The summed E-state index contributed by atoms with van der Waals surface area (Å²) in [4.78, 5) is 4.37. The maximum atomic E-state index is 13.0. The molecule has 1 heterocycles. The molecule has 0 saturated carbocycles. The van der Waals surface area contributed by atoms with Crippen LogP contribution in [0.5, 0.6) is 0 Å². The lowest BCUT2D eigenvalue weighted by molar-refractivity contribution is 0.360. The summed E-state index contributed by atoms with van der Waals surface area (Å²) >= 11 is 0. The third-order valence-corrected chi connectivity index (χ3v) is 3.09. The highest BCUT2D eigenvalue weighted by atomic mass is 19.1. The van der Waals surface area contributed by atoms with E-state index in [1.54, 1.807) is 12.1 Å². The molecule has 2 N–H and O–H groups in total. The molecule has 0 amide bonds. The van der Waals surface area contributed by atoms with Crippen LogP contribution in [0, 0.1) is 5.82 Å². The van der Waals surface area contributed by atoms with E-state index in [-0.39, 0.29) is 11.9 Å². The van der Waals surface area contributed by atoms with Crippen LogP contribution in [0.3, 0.4) is 0 Å². The van der Waals surface area contributed by atoms with Gasteiger partial charge in [-0.1, -0.05) is 17.3 Å². The van der Waals surface area contributed by atoms with Gasteiger partial charge in [-0.05, 0) is 38.5 Å². The van der Waals surface area contributed by atoms with Crippen molar-refractivity contribution >= 4 is 0 Å². The van der Waals surface area contributed by atoms with Crippen molar-refractivity contribution in [3.8, 4) is 0 Å². The Morgan fingerprint density at radius 1 is 1.32 bits per heavy atom. The Morgan fingerprint density at radius 3 is 2.53 bits per heavy atom. The summed E-state index contributed by atoms with van der Waals surface area (Å²) in [5, 5.41) is 4.00. The normalized spacial score (nSPS) is 13.5. The van der Waals surface area contributed by atoms with Gasteiger partial charge in [0, 0.05) is 12.5 Å². The van der Waals surface area contributed by atoms with E-state index in [4.69, 9.17) is 10.3 Å². The van der Waals surface area contributed by atoms with Crippen LogP contribution in [0.25, 0.3) is 0 Å². The van der Waals surface area contributed by atoms with Crippen LogP contribution in [0.15, 0.2) is 28.8 Å². The summed E-state index contributed by atoms with van der Waals surface area (Å²) in [6.45, 7) is 5.83. The second kappa shape index (κ2) is 5.09. The molecule has 0 saturated heterocycles. The molecule has 102 valence electrons. The molecule has 4 nitrogen and oxygen atoms in total. The number of halogens is 1. The van der Waals surface area contributed by atoms with Gasteiger partial charge in [0.25, 0.3) is 0 Å². The molecular weight excluding hydrogens is 245 g/mol. The fourth-order valence-corrected chi connectivity index (χ4v) is 1.86. The number of aromatic nitrogens is 2. The van der Waals surface area contributed by atoms with E-state index in [2.05, 4.69) is 10.1 Å². The molecule has 0 bridgehead atoms. The Labute approximate surface area is 111 Å². The average molecular weight is 263 g/mol. The molecule has 2 rings (SSSR count). The minimum Gasteiger partial charge on any atom is -0.339 e. The van der Waals surface area contributed by atoms with Gasteiger partial charge in [0.05, 0.1) is 5.41 Å². The zero-order valence-electron chi connectivity index (χ0n) is 11.4. The van der Waals surface area contributed by atoms with E-state index in [0.29, 0.717) is 18.1 Å². The van der Waals surface area contributed by atoms with Crippen LogP contribution < -0.4 is 5.73 Å². The third kappa shape index (κ3) is 2.98. The van der Waals surface area contributed by atoms with Crippen LogP contribution in [0.1, 0.15) is 38.0 Å². The topological polar surface area (TPSA) is 64.9 Å². The van der Waals surface area contributed by atoms with Crippen molar-refractivity contribution in [2.24, 2.45) is 5.73 Å². The van der Waals surface area contributed by atoms with E-state index in [1.165, 1.54) is 12.1 Å². The first-order chi connectivity index (χ1) is 8.89. The van der Waals surface area contributed by atoms with Gasteiger partial charge in [-0.25, -0.2) is 4.39 Å². The number of rotatable bonds is 4. The molecule has 2 aromatic rings. The van der Waals surface area contributed by atoms with Gasteiger partial charge in [-0.15, -0.1) is 0 Å². The predicted octanol–water partition coefficient (Wildman–Crippen LogP) is 2.42. The molecule has 1 aromatic carbocycles. The fourth-order valence-electron chi connectivity index (χ4n) is 1.86. The number of hydrogen-bond donors (Lipinski definition) is 1. The second-order valence-corrected chi connectivity index (χ2v) is 5.33. The van der Waals surface area contributed by atoms with Gasteiger partial charge >= 0.3 is 0 Å². The molecule has 1 unspecified atom stereocenters. The monoisotopic (exact) mass is 263 g/mol. The van der Waals surface area contributed by atoms with Crippen molar-refractivity contribution in [3.05, 3.63) is 47.4 Å². The standard InChI is InChI=1S/C14H18FN3O/c1-9(16)8-12-17-13(18-19-12)14(2,3)10-4-6-11(15)7-5-10/h4-7,9H,8,16H2,1-3H3. The van der Waals surface area contributed by atoms with Crippen molar-refractivity contribution in [2.45, 2.75) is 38.6 Å². The Kier molecular flexibility index (Phi) is 3.66. The van der Waals surface area contributed by atoms with Gasteiger partial charge in [0.2, 0.25) is 5.89 Å². The summed E-state index contributed by atoms with van der Waals surface area (Å²) in [5.74, 6) is 0.847. The van der Waals surface area contributed by atoms with E-state index in [9.17, 15) is 4.39 Å². The molecule has 19 heavy (non-hydrogen) atoms. The van der Waals surface area contributed by atoms with E-state index in [1.807, 2.05) is 20.8 Å². The molecule has 0 spiro atoms. The first-order valence-electron chi connectivity index (χ1n) is 6.24. The Morgan fingerprint density at radius 2 is 1.95 bits per heavy atom. The number of hydrogen-bond acceptors (Lipinski definition) is 4. The van der Waals surface area contributed by atoms with Crippen molar-refractivity contribution in [1.82, 2.24) is 10.1 Å². The first kappa shape index (κ1) is 13.7. The van der Waals surface area contributed by atoms with Gasteiger partial charge in [0.15, 0.2) is 5.82 Å². The predicted molar refractivity (Wildman–Crippen MR) is 70.2 cm³/mol. The molecule has 0 radical (unpaired) electrons. The molecule has 1 atom stereocenters. The van der Waals surface area contributed by atoms with E-state index in [0.717, 1.165) is 5.56 Å². The molecular formula is C14H18FN3O. The zero-order valence-corrected chi connectivity index (χ0v) is 11.4. The van der Waals surface area contributed by atoms with Crippen LogP contribution >= 0.6 is 0 Å². The lowest BCUT2D eigenvalue weighted by Gasteiger charge is -2.20. The van der Waals surface area contributed by atoms with Crippen molar-refractivity contribution in [1.29, 1.82) is 0 Å². The minimum absolute atomic E-state index is 0.0257. The maximum absolute atomic E-state index is 13.0. The van der Waals surface area contributed by atoms with Gasteiger partial charge in [-0.3, -0.25) is 0 Å². The van der Waals surface area contributed by atoms with Crippen molar-refractivity contribution in [2.75, 3.05) is 0 Å². The van der Waals surface area contributed by atoms with Crippen molar-refractivity contribution < 1.29 is 8.91 Å². The molecule has 5 heteroatoms. The maximum Gasteiger partial charge on any atom is 0.228 e. The summed E-state index contributed by atoms with van der Waals surface area (Å²) in [6.07, 6.45) is 0.548. The van der Waals surface area contributed by atoms with E-state index < -0.39 is 5.41 Å². The largest absolute Gasteiger partial charge is 0.339 e. The van der Waals surface area contributed by atoms with Crippen LogP contribution in [-0.4, -0.2) is 16.2 Å². The Balaban J connectivity index is 2.28. The number of nitrogens with two attached hydrogens (primary N) is 1. The highest BCUT2D eigenvalue weighted by Crippen LogP contribution is 2.29. The quantitative estimate of drug-likeness (QED) is 0.920. The van der Waals surface area contributed by atoms with Crippen LogP contribution in [0.4, 0.5) is 4.39 Å². The van der Waals surface area contributed by atoms with Crippen LogP contribution in [0.2, 0.25) is 0 Å². The number of nitrogens with zero attached hydrogens (tertiary/aromatic N) is 2. The second-order valence-electron chi connectivity index (χ2n) is 5.33. The summed E-state index contributed by atoms with van der Waals surface area (Å²) in [5.41, 5.74) is 6.20. The average Bonchev–Trinajstić information content (AvgIpc) is 2.78. The molecule has 0 fully saturated rings. The Hall–Kier alpha value is -1.75. The van der Waals surface area contributed by atoms with Gasteiger partial charge < -0.3 is 10.3 Å².